The molecule has 1 aromatic rings. The molecule has 15 heavy (non-hydrogen) atoms. The molecule has 0 fully saturated rings. The van der Waals surface area contributed by atoms with E-state index in [1.807, 2.05) is 30.3 Å². The van der Waals surface area contributed by atoms with Gasteiger partial charge in [0.1, 0.15) is 6.42 Å². The molecule has 0 aliphatic heterocycles. The highest BCUT2D eigenvalue weighted by molar-refractivity contribution is 5.78. The molecule has 1 unspecified atom stereocenters. The van der Waals surface area contributed by atoms with Crippen LogP contribution >= 0.6 is 0 Å². The molecule has 0 aromatic heterocycles. The molecule has 3 heteroatoms. The highest BCUT2D eigenvalue weighted by atomic mass is 16.1. The molecule has 0 aliphatic carbocycles. The van der Waals surface area contributed by atoms with Gasteiger partial charge in [-0.15, -0.1) is 6.58 Å². The molecule has 0 spiro atoms. The molecule has 76 valence electrons. The first kappa shape index (κ1) is 11.0. The van der Waals surface area contributed by atoms with Gasteiger partial charge in [-0.3, -0.25) is 4.79 Å². The molecule has 3 nitrogen and oxygen atoms in total. The largest absolute Gasteiger partial charge is 0.345 e. The van der Waals surface area contributed by atoms with Gasteiger partial charge in [0.25, 0.3) is 0 Å². The Morgan fingerprint density at radius 3 is 2.73 bits per heavy atom. The van der Waals surface area contributed by atoms with E-state index in [1.54, 1.807) is 12.1 Å². The van der Waals surface area contributed by atoms with Crippen molar-refractivity contribution in [3.8, 4) is 6.07 Å². The van der Waals surface area contributed by atoms with E-state index in [0.29, 0.717) is 0 Å². The molecule has 0 saturated heterocycles. The van der Waals surface area contributed by atoms with Crippen LogP contribution in [0.5, 0.6) is 0 Å². The number of hydrogen-bond acceptors (Lipinski definition) is 2. The van der Waals surface area contributed by atoms with Crippen molar-refractivity contribution in [1.29, 1.82) is 5.26 Å². The second-order valence-electron chi connectivity index (χ2n) is 3.03. The summed E-state index contributed by atoms with van der Waals surface area (Å²) in [6.45, 7) is 3.65. The first-order valence-corrected chi connectivity index (χ1v) is 4.61. The average molecular weight is 200 g/mol. The van der Waals surface area contributed by atoms with Gasteiger partial charge < -0.3 is 5.32 Å². The molecular weight excluding hydrogens is 188 g/mol. The fourth-order valence-electron chi connectivity index (χ4n) is 1.23. The van der Waals surface area contributed by atoms with Crippen LogP contribution in [0, 0.1) is 11.3 Å². The van der Waals surface area contributed by atoms with Crippen molar-refractivity contribution in [2.45, 2.75) is 12.5 Å². The van der Waals surface area contributed by atoms with E-state index < -0.39 is 0 Å². The van der Waals surface area contributed by atoms with Gasteiger partial charge in [-0.05, 0) is 5.56 Å². The van der Waals surface area contributed by atoms with E-state index in [4.69, 9.17) is 5.26 Å². The summed E-state index contributed by atoms with van der Waals surface area (Å²) in [7, 11) is 0. The lowest BCUT2D eigenvalue weighted by Gasteiger charge is -2.13. The minimum Gasteiger partial charge on any atom is -0.345 e. The van der Waals surface area contributed by atoms with Crippen molar-refractivity contribution in [2.75, 3.05) is 0 Å². The van der Waals surface area contributed by atoms with E-state index in [0.717, 1.165) is 5.56 Å². The maximum absolute atomic E-state index is 11.2. The van der Waals surface area contributed by atoms with Gasteiger partial charge >= 0.3 is 0 Å². The Morgan fingerprint density at radius 1 is 1.53 bits per heavy atom. The summed E-state index contributed by atoms with van der Waals surface area (Å²) in [5, 5.41) is 11.1. The highest BCUT2D eigenvalue weighted by Crippen LogP contribution is 2.12. The van der Waals surface area contributed by atoms with Crippen LogP contribution in [0.4, 0.5) is 0 Å². The summed E-state index contributed by atoms with van der Waals surface area (Å²) in [4.78, 5) is 11.2. The summed E-state index contributed by atoms with van der Waals surface area (Å²) in [5.74, 6) is -0.286. The first-order valence-electron chi connectivity index (χ1n) is 4.61. The maximum Gasteiger partial charge on any atom is 0.234 e. The Labute approximate surface area is 89.0 Å². The molecule has 0 saturated carbocycles. The monoisotopic (exact) mass is 200 g/mol. The molecule has 0 bridgehead atoms. The highest BCUT2D eigenvalue weighted by Gasteiger charge is 2.09. The minimum atomic E-state index is -0.286. The topological polar surface area (TPSA) is 52.9 Å². The standard InChI is InChI=1S/C12H12N2O/c1-2-11(14-12(15)8-9-13)10-6-4-3-5-7-10/h2-7,11H,1,8H2,(H,14,15). The van der Waals surface area contributed by atoms with Crippen molar-refractivity contribution >= 4 is 5.91 Å². The van der Waals surface area contributed by atoms with Gasteiger partial charge in [-0.25, -0.2) is 0 Å². The summed E-state index contributed by atoms with van der Waals surface area (Å²) < 4.78 is 0. The fourth-order valence-corrected chi connectivity index (χ4v) is 1.23. The van der Waals surface area contributed by atoms with Crippen LogP contribution in [0.1, 0.15) is 18.0 Å². The number of nitrogens with zero attached hydrogens (tertiary/aromatic N) is 1. The van der Waals surface area contributed by atoms with E-state index >= 15 is 0 Å². The van der Waals surface area contributed by atoms with Crippen LogP contribution < -0.4 is 5.32 Å². The zero-order valence-corrected chi connectivity index (χ0v) is 8.31. The van der Waals surface area contributed by atoms with E-state index in [-0.39, 0.29) is 18.4 Å². The molecular formula is C12H12N2O. The van der Waals surface area contributed by atoms with Gasteiger partial charge in [0.15, 0.2) is 0 Å². The summed E-state index contributed by atoms with van der Waals surface area (Å²) in [6, 6.07) is 11.1. The second-order valence-corrected chi connectivity index (χ2v) is 3.03. The maximum atomic E-state index is 11.2. The van der Waals surface area contributed by atoms with Crippen molar-refractivity contribution in [2.24, 2.45) is 0 Å². The van der Waals surface area contributed by atoms with Crippen LogP contribution in [0.25, 0.3) is 0 Å². The second kappa shape index (κ2) is 5.61. The van der Waals surface area contributed by atoms with Crippen molar-refractivity contribution < 1.29 is 4.79 Å². The summed E-state index contributed by atoms with van der Waals surface area (Å²) in [5.41, 5.74) is 0.957. The number of benzene rings is 1. The molecule has 0 heterocycles. The first-order chi connectivity index (χ1) is 7.27. The average Bonchev–Trinajstić information content (AvgIpc) is 2.27. The van der Waals surface area contributed by atoms with E-state index in [2.05, 4.69) is 11.9 Å². The van der Waals surface area contributed by atoms with Crippen molar-refractivity contribution in [3.05, 3.63) is 48.6 Å². The Kier molecular flexibility index (Phi) is 4.11. The Hall–Kier alpha value is -2.08. The quantitative estimate of drug-likeness (QED) is 0.755. The molecule has 1 atom stereocenters. The summed E-state index contributed by atoms with van der Waals surface area (Å²) in [6.07, 6.45) is 1.52. The van der Waals surface area contributed by atoms with E-state index in [1.165, 1.54) is 0 Å². The lowest BCUT2D eigenvalue weighted by molar-refractivity contribution is -0.120. The van der Waals surface area contributed by atoms with Crippen LogP contribution in [-0.2, 0) is 4.79 Å². The number of carbonyl (C=O) groups excluding carboxylic acids is 1. The third kappa shape index (κ3) is 3.28. The molecule has 0 radical (unpaired) electrons. The van der Waals surface area contributed by atoms with Gasteiger partial charge in [0.05, 0.1) is 12.1 Å². The van der Waals surface area contributed by atoms with Gasteiger partial charge in [-0.2, -0.15) is 5.26 Å². The Morgan fingerprint density at radius 2 is 2.20 bits per heavy atom. The van der Waals surface area contributed by atoms with Gasteiger partial charge in [0, 0.05) is 0 Å². The van der Waals surface area contributed by atoms with Crippen LogP contribution in [-0.4, -0.2) is 5.91 Å². The molecule has 1 N–H and O–H groups in total. The van der Waals surface area contributed by atoms with Crippen LogP contribution in [0.2, 0.25) is 0 Å². The number of carbonyl (C=O) groups is 1. The predicted molar refractivity (Wildman–Crippen MR) is 57.8 cm³/mol. The minimum absolute atomic E-state index is 0.128. The fraction of sp³-hybridized carbons (Fsp3) is 0.167. The lowest BCUT2D eigenvalue weighted by Crippen LogP contribution is -2.26. The smallest absolute Gasteiger partial charge is 0.234 e. The molecule has 0 aliphatic rings. The van der Waals surface area contributed by atoms with E-state index in [9.17, 15) is 4.79 Å². The molecule has 1 amide bonds. The molecule has 1 aromatic carbocycles. The Bertz CT molecular complexity index is 378. The van der Waals surface area contributed by atoms with Crippen molar-refractivity contribution in [3.63, 3.8) is 0 Å². The third-order valence-electron chi connectivity index (χ3n) is 1.95. The normalized spacial score (nSPS) is 11.1. The number of rotatable bonds is 4. The van der Waals surface area contributed by atoms with Crippen molar-refractivity contribution in [1.82, 2.24) is 5.32 Å². The Balaban J connectivity index is 2.70. The van der Waals surface area contributed by atoms with Gasteiger partial charge in [0.2, 0.25) is 5.91 Å². The molecule has 1 rings (SSSR count). The lowest BCUT2D eigenvalue weighted by atomic mass is 10.1. The number of nitriles is 1. The number of nitrogens with one attached hydrogen (secondary N) is 1. The van der Waals surface area contributed by atoms with Crippen LogP contribution in [0.15, 0.2) is 43.0 Å². The summed E-state index contributed by atoms with van der Waals surface area (Å²) >= 11 is 0. The third-order valence-corrected chi connectivity index (χ3v) is 1.95. The number of amides is 1. The van der Waals surface area contributed by atoms with Crippen LogP contribution in [0.3, 0.4) is 0 Å². The zero-order valence-electron chi connectivity index (χ0n) is 8.31. The van der Waals surface area contributed by atoms with Gasteiger partial charge in [-0.1, -0.05) is 36.4 Å². The predicted octanol–water partition coefficient (Wildman–Crippen LogP) is 1.94. The zero-order chi connectivity index (χ0) is 11.1. The number of hydrogen-bond donors (Lipinski definition) is 1. The SMILES string of the molecule is C=CC(NC(=O)CC#N)c1ccccc1.